The summed E-state index contributed by atoms with van der Waals surface area (Å²) in [6, 6.07) is 26.0. The predicted molar refractivity (Wildman–Crippen MR) is 130 cm³/mol. The summed E-state index contributed by atoms with van der Waals surface area (Å²) >= 11 is 0. The van der Waals surface area contributed by atoms with Gasteiger partial charge in [0.05, 0.1) is 23.1 Å². The molecule has 0 amide bonds. The standard InChI is InChI=1S/C28H27N3O3.Ni/c1-20(28(33)34)29-26(22-13-6-3-7-14-22)23-15-8-9-16-24(23)30-27(32)25-17-10-18-31(25)19-21-11-4-2-5-12-21;/h2-9,11-16,25H,1,10,17-19H2,(H,30,32)(H,33,34);/q;+2/p-2/t25-;/m1./s1. The summed E-state index contributed by atoms with van der Waals surface area (Å²) in [5.41, 5.74) is 2.80. The molecule has 1 aliphatic rings. The minimum Gasteiger partial charge on any atom is -0.861 e. The fraction of sp³-hybridized carbons (Fsp3) is 0.179. The molecule has 0 unspecified atom stereocenters. The third-order valence-electron chi connectivity index (χ3n) is 5.80. The van der Waals surface area contributed by atoms with Crippen LogP contribution in [-0.4, -0.2) is 35.1 Å². The van der Waals surface area contributed by atoms with Crippen LogP contribution in [0.5, 0.6) is 0 Å². The zero-order valence-electron chi connectivity index (χ0n) is 19.1. The second-order valence-electron chi connectivity index (χ2n) is 8.14. The average molecular weight is 510 g/mol. The van der Waals surface area contributed by atoms with Crippen LogP contribution < -0.4 is 10.2 Å². The molecule has 3 aromatic carbocycles. The molecule has 1 fully saturated rings. The van der Waals surface area contributed by atoms with Crippen molar-refractivity contribution in [3.05, 3.63) is 114 Å². The van der Waals surface area contributed by atoms with Crippen LogP contribution in [0.2, 0.25) is 0 Å². The van der Waals surface area contributed by atoms with Crippen LogP contribution in [0, 0.1) is 0 Å². The quantitative estimate of drug-likeness (QED) is 0.202. The summed E-state index contributed by atoms with van der Waals surface area (Å²) in [6.45, 7) is 5.02. The van der Waals surface area contributed by atoms with Gasteiger partial charge in [0, 0.05) is 23.7 Å². The van der Waals surface area contributed by atoms with Crippen molar-refractivity contribution in [2.45, 2.75) is 25.4 Å². The minimum absolute atomic E-state index is 0. The van der Waals surface area contributed by atoms with Crippen molar-refractivity contribution in [3.8, 4) is 0 Å². The molecule has 1 saturated heterocycles. The number of hydrogen-bond acceptors (Lipinski definition) is 6. The van der Waals surface area contributed by atoms with E-state index in [0.29, 0.717) is 29.1 Å². The van der Waals surface area contributed by atoms with E-state index in [4.69, 9.17) is 0 Å². The first-order valence-corrected chi connectivity index (χ1v) is 11.2. The molecule has 0 bridgehead atoms. The van der Waals surface area contributed by atoms with E-state index in [1.807, 2.05) is 48.5 Å². The van der Waals surface area contributed by atoms with E-state index >= 15 is 0 Å². The van der Waals surface area contributed by atoms with Crippen molar-refractivity contribution in [2.24, 2.45) is 9.98 Å². The van der Waals surface area contributed by atoms with Gasteiger partial charge in [-0.3, -0.25) is 9.89 Å². The molecule has 1 heterocycles. The SMILES string of the molecule is C=C(N=C(c1ccccc1)c1ccccc1N=C([O-])[C@H]1CCCN1Cc1ccccc1)C(=O)[O-].[Ni+2]. The monoisotopic (exact) mass is 509 g/mol. The molecule has 7 heteroatoms. The van der Waals surface area contributed by atoms with Crippen molar-refractivity contribution in [1.82, 2.24) is 4.90 Å². The summed E-state index contributed by atoms with van der Waals surface area (Å²) in [6.07, 6.45) is 1.68. The Morgan fingerprint density at radius 3 is 2.26 bits per heavy atom. The Bertz CT molecular complexity index is 1230. The molecule has 0 spiro atoms. The number of rotatable bonds is 8. The molecular formula is C28H25N3NiO3. The first-order chi connectivity index (χ1) is 16.5. The van der Waals surface area contributed by atoms with Crippen molar-refractivity contribution >= 4 is 23.3 Å². The second-order valence-corrected chi connectivity index (χ2v) is 8.14. The van der Waals surface area contributed by atoms with E-state index in [1.54, 1.807) is 24.3 Å². The smallest absolute Gasteiger partial charge is 0.861 e. The van der Waals surface area contributed by atoms with Gasteiger partial charge in [0.2, 0.25) is 0 Å². The fourth-order valence-electron chi connectivity index (χ4n) is 4.13. The van der Waals surface area contributed by atoms with Crippen molar-refractivity contribution in [1.29, 1.82) is 0 Å². The minimum atomic E-state index is -1.46. The van der Waals surface area contributed by atoms with Gasteiger partial charge in [0.25, 0.3) is 0 Å². The van der Waals surface area contributed by atoms with Crippen molar-refractivity contribution < 1.29 is 31.5 Å². The number of carboxylic acid groups (broad SMARTS) is 1. The maximum absolute atomic E-state index is 13.3. The Balaban J connectivity index is 0.00000342. The second kappa shape index (κ2) is 12.2. The zero-order chi connectivity index (χ0) is 23.9. The summed E-state index contributed by atoms with van der Waals surface area (Å²) < 4.78 is 0. The first-order valence-electron chi connectivity index (χ1n) is 11.2. The van der Waals surface area contributed by atoms with E-state index in [2.05, 4.69) is 33.6 Å². The number of nitrogens with zero attached hydrogens (tertiary/aromatic N) is 3. The van der Waals surface area contributed by atoms with E-state index in [9.17, 15) is 15.0 Å². The summed E-state index contributed by atoms with van der Waals surface area (Å²) in [7, 11) is 0. The van der Waals surface area contributed by atoms with Gasteiger partial charge in [-0.25, -0.2) is 4.99 Å². The molecule has 6 nitrogen and oxygen atoms in total. The van der Waals surface area contributed by atoms with Crippen LogP contribution in [-0.2, 0) is 27.8 Å². The number of carboxylic acids is 1. The van der Waals surface area contributed by atoms with Gasteiger partial charge >= 0.3 is 16.5 Å². The normalized spacial score (nSPS) is 16.5. The Hall–Kier alpha value is -3.54. The van der Waals surface area contributed by atoms with Crippen molar-refractivity contribution in [2.75, 3.05) is 6.54 Å². The molecule has 0 N–H and O–H groups in total. The number of benzene rings is 3. The van der Waals surface area contributed by atoms with E-state index in [0.717, 1.165) is 24.9 Å². The third-order valence-corrected chi connectivity index (χ3v) is 5.80. The Labute approximate surface area is 215 Å². The predicted octanol–water partition coefficient (Wildman–Crippen LogP) is 2.84. The number of para-hydroxylation sites is 1. The number of hydrogen-bond donors (Lipinski definition) is 0. The molecule has 0 saturated carbocycles. The molecular weight excluding hydrogens is 485 g/mol. The molecule has 4 rings (SSSR count). The van der Waals surface area contributed by atoms with Crippen molar-refractivity contribution in [3.63, 3.8) is 0 Å². The Morgan fingerprint density at radius 1 is 0.943 bits per heavy atom. The molecule has 1 atom stereocenters. The number of carbonyl (C=O) groups excluding carboxylic acids is 1. The van der Waals surface area contributed by atoms with Crippen LogP contribution in [0.3, 0.4) is 0 Å². The van der Waals surface area contributed by atoms with E-state index in [1.165, 1.54) is 0 Å². The summed E-state index contributed by atoms with van der Waals surface area (Å²) in [4.78, 5) is 22.2. The van der Waals surface area contributed by atoms with Gasteiger partial charge in [0.1, 0.15) is 0 Å². The van der Waals surface area contributed by atoms with Crippen LogP contribution in [0.4, 0.5) is 5.69 Å². The Morgan fingerprint density at radius 2 is 1.57 bits per heavy atom. The zero-order valence-corrected chi connectivity index (χ0v) is 20.1. The fourth-order valence-corrected chi connectivity index (χ4v) is 4.13. The molecule has 180 valence electrons. The average Bonchev–Trinajstić information content (AvgIpc) is 3.32. The summed E-state index contributed by atoms with van der Waals surface area (Å²) in [5, 5.41) is 24.6. The maximum Gasteiger partial charge on any atom is 2.00 e. The largest absolute Gasteiger partial charge is 2.00 e. The van der Waals surface area contributed by atoms with Crippen LogP contribution in [0.1, 0.15) is 29.5 Å². The molecule has 35 heavy (non-hydrogen) atoms. The van der Waals surface area contributed by atoms with E-state index in [-0.39, 0.29) is 28.4 Å². The molecule has 0 aromatic heterocycles. The van der Waals surface area contributed by atoms with Gasteiger partial charge < -0.3 is 15.0 Å². The number of carbonyl (C=O) groups is 1. The van der Waals surface area contributed by atoms with Gasteiger partial charge in [-0.05, 0) is 36.9 Å². The van der Waals surface area contributed by atoms with Crippen LogP contribution in [0.15, 0.2) is 107 Å². The summed E-state index contributed by atoms with van der Waals surface area (Å²) in [5.74, 6) is -1.67. The molecule has 0 aliphatic carbocycles. The number of aliphatic carboxylic acids is 1. The van der Waals surface area contributed by atoms with E-state index < -0.39 is 11.7 Å². The molecule has 1 aliphatic heterocycles. The van der Waals surface area contributed by atoms with Crippen LogP contribution in [0.25, 0.3) is 0 Å². The maximum atomic E-state index is 13.3. The van der Waals surface area contributed by atoms with Gasteiger partial charge in [-0.2, -0.15) is 0 Å². The Kier molecular flexibility index (Phi) is 9.13. The first kappa shape index (κ1) is 26.1. The number of likely N-dealkylation sites (tertiary alicyclic amines) is 1. The molecule has 0 radical (unpaired) electrons. The topological polar surface area (TPSA) is 91.2 Å². The van der Waals surface area contributed by atoms with Gasteiger partial charge in [0.15, 0.2) is 0 Å². The van der Waals surface area contributed by atoms with Gasteiger partial charge in [-0.15, -0.1) is 0 Å². The molecule has 3 aromatic rings. The number of aliphatic imine (C=N–C) groups is 2. The third kappa shape index (κ3) is 6.53. The van der Waals surface area contributed by atoms with Gasteiger partial charge in [-0.1, -0.05) is 85.4 Å². The van der Waals surface area contributed by atoms with Crippen LogP contribution >= 0.6 is 0 Å².